The summed E-state index contributed by atoms with van der Waals surface area (Å²) >= 11 is 1.44. The molecule has 6 heterocycles. The number of imide groups is 1. The maximum atomic E-state index is 14.1. The smallest absolute Gasteiger partial charge is 0.358 e. The summed E-state index contributed by atoms with van der Waals surface area (Å²) in [5.74, 6) is -0.339. The lowest BCUT2D eigenvalue weighted by Crippen LogP contribution is -2.39. The van der Waals surface area contributed by atoms with Gasteiger partial charge in [-0.1, -0.05) is 59.9 Å². The zero-order chi connectivity index (χ0) is 51.7. The predicted molar refractivity (Wildman–Crippen MR) is 287 cm³/mol. The number of para-hydroxylation sites is 2. The molecule has 4 amide bonds. The summed E-state index contributed by atoms with van der Waals surface area (Å²) in [5.41, 5.74) is 7.24. The Morgan fingerprint density at radius 2 is 1.65 bits per heavy atom. The van der Waals surface area contributed by atoms with E-state index in [1.54, 1.807) is 11.7 Å². The largest absolute Gasteiger partial charge is 0.493 e. The number of piperidine rings is 2. The number of amides is 4. The number of hydrogen-bond donors (Lipinski definition) is 3. The van der Waals surface area contributed by atoms with Crippen LogP contribution in [0.5, 0.6) is 5.75 Å². The van der Waals surface area contributed by atoms with Crippen LogP contribution in [0.15, 0.2) is 91.0 Å². The van der Waals surface area contributed by atoms with Gasteiger partial charge in [0.1, 0.15) is 17.2 Å². The lowest BCUT2D eigenvalue weighted by Gasteiger charge is -2.31. The number of thiazole rings is 1. The van der Waals surface area contributed by atoms with E-state index >= 15 is 0 Å². The van der Waals surface area contributed by atoms with Crippen molar-refractivity contribution in [2.45, 2.75) is 90.7 Å². The van der Waals surface area contributed by atoms with Gasteiger partial charge < -0.3 is 24.6 Å². The third-order valence-electron chi connectivity index (χ3n) is 14.2. The lowest BCUT2D eigenvalue weighted by atomic mass is 9.92. The summed E-state index contributed by atoms with van der Waals surface area (Å²) in [5, 5.41) is 14.6. The van der Waals surface area contributed by atoms with Crippen LogP contribution in [0.25, 0.3) is 32.2 Å². The number of carbonyl (C=O) groups excluding carboxylic acids is 5. The highest BCUT2D eigenvalue weighted by atomic mass is 32.1. The molecule has 10 rings (SSSR count). The Morgan fingerprint density at radius 1 is 0.851 bits per heavy atom. The number of hydrogen-bond acceptors (Lipinski definition) is 13. The van der Waals surface area contributed by atoms with Crippen molar-refractivity contribution in [2.24, 2.45) is 13.0 Å². The second kappa shape index (κ2) is 21.2. The Morgan fingerprint density at radius 3 is 2.45 bits per heavy atom. The molecule has 1 atom stereocenters. The monoisotopic (exact) mass is 1020 g/mol. The molecule has 0 bridgehead atoms. The summed E-state index contributed by atoms with van der Waals surface area (Å²) in [6.07, 6.45) is 4.41. The highest BCUT2D eigenvalue weighted by Crippen LogP contribution is 2.37. The number of esters is 1. The number of aromatic nitrogens is 4. The molecule has 0 spiro atoms. The van der Waals surface area contributed by atoms with Crippen molar-refractivity contribution in [2.75, 3.05) is 48.3 Å². The molecule has 3 N–H and O–H groups in total. The van der Waals surface area contributed by atoms with Crippen molar-refractivity contribution in [3.8, 4) is 16.9 Å². The summed E-state index contributed by atoms with van der Waals surface area (Å²) in [6.45, 7) is 11.7. The minimum Gasteiger partial charge on any atom is -0.493 e. The number of fused-ring (bicyclic) bond motifs is 3. The predicted octanol–water partition coefficient (Wildman–Crippen LogP) is 9.35. The van der Waals surface area contributed by atoms with Gasteiger partial charge in [-0.2, -0.15) is 5.10 Å². The van der Waals surface area contributed by atoms with Gasteiger partial charge in [-0.05, 0) is 144 Å². The van der Waals surface area contributed by atoms with Crippen LogP contribution in [-0.4, -0.2) is 92.6 Å². The molecule has 7 aromatic rings. The minimum atomic E-state index is -0.754. The third kappa shape index (κ3) is 10.9. The molecule has 17 heteroatoms. The van der Waals surface area contributed by atoms with Gasteiger partial charge in [0, 0.05) is 56.0 Å². The fourth-order valence-electron chi connectivity index (χ4n) is 10.5. The number of pyridine rings is 1. The zero-order valence-corrected chi connectivity index (χ0v) is 43.3. The zero-order valence-electron chi connectivity index (χ0n) is 42.5. The molecule has 1 unspecified atom stereocenters. The lowest BCUT2D eigenvalue weighted by molar-refractivity contribution is -0.134. The SMILES string of the molecule is Cc1c(OCCCN2CCC(CC(=O)Nc3cccc4c(C5CCC(=O)NC5=O)nn(C)c34)CC2)cccc1-c1ccc(N2CCc3cccc(C(=O)Nc4nc5ccccc5s4)c3C2)nc1C(=O)OC(C)(C)C. The van der Waals surface area contributed by atoms with Crippen molar-refractivity contribution >= 4 is 78.7 Å². The van der Waals surface area contributed by atoms with E-state index in [1.807, 2.05) is 113 Å². The van der Waals surface area contributed by atoms with Crippen LogP contribution < -0.4 is 25.6 Å². The fraction of sp³-hybridized carbons (Fsp3) is 0.368. The average molecular weight is 1020 g/mol. The average Bonchev–Trinajstić information content (AvgIpc) is 3.95. The maximum absolute atomic E-state index is 14.1. The van der Waals surface area contributed by atoms with Crippen LogP contribution in [0.1, 0.15) is 108 Å². The Labute approximate surface area is 433 Å². The number of anilines is 3. The number of aryl methyl sites for hydroxylation is 1. The molecule has 4 aromatic carbocycles. The maximum Gasteiger partial charge on any atom is 0.358 e. The molecule has 0 saturated carbocycles. The highest BCUT2D eigenvalue weighted by molar-refractivity contribution is 7.22. The van der Waals surface area contributed by atoms with E-state index < -0.39 is 17.5 Å². The van der Waals surface area contributed by atoms with Gasteiger partial charge >= 0.3 is 5.97 Å². The van der Waals surface area contributed by atoms with E-state index in [0.717, 1.165) is 88.0 Å². The second-order valence-corrected chi connectivity index (χ2v) is 21.5. The number of benzene rings is 4. The van der Waals surface area contributed by atoms with Gasteiger partial charge in [0.2, 0.25) is 17.7 Å². The summed E-state index contributed by atoms with van der Waals surface area (Å²) < 4.78 is 15.1. The third-order valence-corrected chi connectivity index (χ3v) is 15.1. The van der Waals surface area contributed by atoms with Crippen LogP contribution in [0.3, 0.4) is 0 Å². The molecular weight excluding hydrogens is 955 g/mol. The first-order valence-electron chi connectivity index (χ1n) is 25.5. The van der Waals surface area contributed by atoms with E-state index in [4.69, 9.17) is 14.5 Å². The van der Waals surface area contributed by atoms with Crippen LogP contribution in [-0.2, 0) is 39.1 Å². The number of nitrogens with one attached hydrogen (secondary N) is 3. The van der Waals surface area contributed by atoms with E-state index in [-0.39, 0.29) is 41.7 Å². The Hall–Kier alpha value is -7.50. The van der Waals surface area contributed by atoms with Crippen LogP contribution in [0, 0.1) is 12.8 Å². The molecule has 0 radical (unpaired) electrons. The van der Waals surface area contributed by atoms with Gasteiger partial charge in [-0.15, -0.1) is 0 Å². The van der Waals surface area contributed by atoms with Crippen LogP contribution in [0.2, 0.25) is 0 Å². The van der Waals surface area contributed by atoms with Crippen molar-refractivity contribution in [3.05, 3.63) is 125 Å². The van der Waals surface area contributed by atoms with Gasteiger partial charge in [0.25, 0.3) is 5.91 Å². The molecule has 382 valence electrons. The highest BCUT2D eigenvalue weighted by Gasteiger charge is 2.33. The van der Waals surface area contributed by atoms with E-state index in [1.165, 1.54) is 11.3 Å². The Kier molecular flexibility index (Phi) is 14.3. The number of nitrogens with zero attached hydrogens (tertiary/aromatic N) is 6. The molecule has 3 aliphatic heterocycles. The standard InChI is InChI=1S/C57H61N9O7S/c1-34-37(38-20-22-47(60-51(38)55(71)73-57(2,3)4)66-30-26-36-12-8-14-39(42(36)33-66)53(69)62-56-59-43-16-6-7-19-46(43)74-56)13-10-18-45(34)72-31-11-27-65-28-24-35(25-29-65)32-49(68)58-44-17-9-15-40-50(63-64(5)52(40)44)41-21-23-48(67)61-54(41)70/h6-10,12-20,22,35,41H,11,21,23-33H2,1-5H3,(H,58,68)(H,59,62,69)(H,61,67,70). The van der Waals surface area contributed by atoms with Crippen LogP contribution >= 0.6 is 11.3 Å². The minimum absolute atomic E-state index is 0.0532. The number of rotatable bonds is 14. The van der Waals surface area contributed by atoms with Crippen LogP contribution in [0.4, 0.5) is 16.6 Å². The van der Waals surface area contributed by atoms with Gasteiger partial charge in [0.15, 0.2) is 10.8 Å². The molecule has 3 aromatic heterocycles. The molecule has 3 aliphatic rings. The quantitative estimate of drug-likeness (QED) is 0.0533. The molecular formula is C57H61N9O7S. The number of likely N-dealkylation sites (tertiary alicyclic amines) is 1. The molecule has 74 heavy (non-hydrogen) atoms. The molecule has 16 nitrogen and oxygen atoms in total. The molecule has 2 saturated heterocycles. The van der Waals surface area contributed by atoms with Crippen molar-refractivity contribution in [1.29, 1.82) is 0 Å². The van der Waals surface area contributed by atoms with E-state index in [2.05, 4.69) is 41.9 Å². The summed E-state index contributed by atoms with van der Waals surface area (Å²) in [7, 11) is 1.80. The molecule has 0 aliphatic carbocycles. The Bertz CT molecular complexity index is 3280. The number of ether oxygens (including phenoxy) is 2. The van der Waals surface area contributed by atoms with Crippen molar-refractivity contribution in [1.82, 2.24) is 30.0 Å². The first-order valence-corrected chi connectivity index (χ1v) is 26.3. The first-order chi connectivity index (χ1) is 35.7. The normalized spacial score (nSPS) is 16.5. The van der Waals surface area contributed by atoms with Crippen molar-refractivity contribution < 1.29 is 33.4 Å². The number of carbonyl (C=O) groups is 5. The molecule has 2 fully saturated rings. The van der Waals surface area contributed by atoms with E-state index in [9.17, 15) is 24.0 Å². The van der Waals surface area contributed by atoms with E-state index in [0.29, 0.717) is 72.4 Å². The fourth-order valence-corrected chi connectivity index (χ4v) is 11.4. The topological polar surface area (TPSA) is 190 Å². The van der Waals surface area contributed by atoms with Gasteiger partial charge in [0.05, 0.1) is 39.6 Å². The summed E-state index contributed by atoms with van der Waals surface area (Å²) in [4.78, 5) is 79.8. The van der Waals surface area contributed by atoms with Gasteiger partial charge in [-0.3, -0.25) is 34.5 Å². The Balaban J connectivity index is 0.750. The van der Waals surface area contributed by atoms with Crippen molar-refractivity contribution in [3.63, 3.8) is 0 Å². The van der Waals surface area contributed by atoms with Gasteiger partial charge in [-0.25, -0.2) is 14.8 Å². The first kappa shape index (κ1) is 50.1. The second-order valence-electron chi connectivity index (χ2n) is 20.5. The summed E-state index contributed by atoms with van der Waals surface area (Å²) in [6, 6.07) is 29.0.